The standard InChI is InChI=1S/C10H16N2OS/c1-8-7-14-10(12-8)13-6-9-3-2-4-11-5-9/h7,9,11H,2-6H2,1H3. The molecule has 0 saturated carbocycles. The molecule has 1 aromatic heterocycles. The van der Waals surface area contributed by atoms with Gasteiger partial charge in [0.25, 0.3) is 5.19 Å². The lowest BCUT2D eigenvalue weighted by Crippen LogP contribution is -2.33. The molecule has 1 saturated heterocycles. The molecule has 1 aromatic rings. The summed E-state index contributed by atoms with van der Waals surface area (Å²) < 4.78 is 5.63. The molecule has 1 aliphatic heterocycles. The minimum Gasteiger partial charge on any atom is -0.470 e. The molecular formula is C10H16N2OS. The van der Waals surface area contributed by atoms with E-state index < -0.39 is 0 Å². The first-order valence-corrected chi connectivity index (χ1v) is 5.98. The van der Waals surface area contributed by atoms with E-state index >= 15 is 0 Å². The van der Waals surface area contributed by atoms with Gasteiger partial charge >= 0.3 is 0 Å². The van der Waals surface area contributed by atoms with Crippen LogP contribution in [0.15, 0.2) is 5.38 Å². The van der Waals surface area contributed by atoms with Crippen molar-refractivity contribution in [2.75, 3.05) is 19.7 Å². The van der Waals surface area contributed by atoms with E-state index in [0.717, 1.165) is 30.6 Å². The number of nitrogens with zero attached hydrogens (tertiary/aromatic N) is 1. The molecule has 2 rings (SSSR count). The van der Waals surface area contributed by atoms with Crippen LogP contribution in [0.25, 0.3) is 0 Å². The molecular weight excluding hydrogens is 196 g/mol. The van der Waals surface area contributed by atoms with Crippen LogP contribution < -0.4 is 10.1 Å². The molecule has 0 spiro atoms. The number of piperidine rings is 1. The van der Waals surface area contributed by atoms with Gasteiger partial charge in [-0.2, -0.15) is 0 Å². The van der Waals surface area contributed by atoms with Crippen LogP contribution in [0.1, 0.15) is 18.5 Å². The molecule has 14 heavy (non-hydrogen) atoms. The van der Waals surface area contributed by atoms with Crippen LogP contribution in [-0.2, 0) is 0 Å². The Hall–Kier alpha value is -0.610. The van der Waals surface area contributed by atoms with Gasteiger partial charge in [0, 0.05) is 17.8 Å². The lowest BCUT2D eigenvalue weighted by atomic mass is 10.0. The Morgan fingerprint density at radius 1 is 1.71 bits per heavy atom. The molecule has 0 aromatic carbocycles. The first-order valence-electron chi connectivity index (χ1n) is 5.10. The summed E-state index contributed by atoms with van der Waals surface area (Å²) >= 11 is 1.58. The number of ether oxygens (including phenoxy) is 1. The highest BCUT2D eigenvalue weighted by Crippen LogP contribution is 2.19. The van der Waals surface area contributed by atoms with Crippen molar-refractivity contribution in [1.82, 2.24) is 10.3 Å². The van der Waals surface area contributed by atoms with Crippen molar-refractivity contribution in [1.29, 1.82) is 0 Å². The fraction of sp³-hybridized carbons (Fsp3) is 0.700. The van der Waals surface area contributed by atoms with Crippen molar-refractivity contribution in [3.63, 3.8) is 0 Å². The molecule has 78 valence electrons. The summed E-state index contributed by atoms with van der Waals surface area (Å²) in [5.74, 6) is 0.660. The number of hydrogen-bond acceptors (Lipinski definition) is 4. The maximum absolute atomic E-state index is 5.63. The van der Waals surface area contributed by atoms with Gasteiger partial charge in [-0.1, -0.05) is 11.3 Å². The third kappa shape index (κ3) is 2.69. The summed E-state index contributed by atoms with van der Waals surface area (Å²) in [6, 6.07) is 0. The summed E-state index contributed by atoms with van der Waals surface area (Å²) in [7, 11) is 0. The molecule has 1 N–H and O–H groups in total. The highest BCUT2D eigenvalue weighted by atomic mass is 32.1. The van der Waals surface area contributed by atoms with Gasteiger partial charge in [-0.15, -0.1) is 0 Å². The molecule has 3 nitrogen and oxygen atoms in total. The molecule has 2 heterocycles. The Morgan fingerprint density at radius 2 is 2.64 bits per heavy atom. The molecule has 1 atom stereocenters. The largest absolute Gasteiger partial charge is 0.470 e. The number of rotatable bonds is 3. The SMILES string of the molecule is Cc1csc(OCC2CCCNC2)n1. The second-order valence-electron chi connectivity index (χ2n) is 3.78. The van der Waals surface area contributed by atoms with Crippen LogP contribution in [0.4, 0.5) is 0 Å². The molecule has 0 amide bonds. The Labute approximate surface area is 88.5 Å². The quantitative estimate of drug-likeness (QED) is 0.830. The third-order valence-corrected chi connectivity index (χ3v) is 3.31. The van der Waals surface area contributed by atoms with Crippen LogP contribution >= 0.6 is 11.3 Å². The van der Waals surface area contributed by atoms with Gasteiger partial charge in [0.05, 0.1) is 12.3 Å². The van der Waals surface area contributed by atoms with Gasteiger partial charge in [0.2, 0.25) is 0 Å². The molecule has 0 bridgehead atoms. The zero-order valence-corrected chi connectivity index (χ0v) is 9.27. The van der Waals surface area contributed by atoms with Gasteiger partial charge in [0.15, 0.2) is 0 Å². The summed E-state index contributed by atoms with van der Waals surface area (Å²) in [6.45, 7) is 5.04. The minimum absolute atomic E-state index is 0.660. The molecule has 4 heteroatoms. The average Bonchev–Trinajstić information content (AvgIpc) is 2.63. The van der Waals surface area contributed by atoms with Crippen LogP contribution in [0, 0.1) is 12.8 Å². The third-order valence-electron chi connectivity index (χ3n) is 2.44. The van der Waals surface area contributed by atoms with E-state index in [1.807, 2.05) is 12.3 Å². The Bertz CT molecular complexity index is 281. The van der Waals surface area contributed by atoms with Crippen LogP contribution in [-0.4, -0.2) is 24.7 Å². The molecule has 1 unspecified atom stereocenters. The normalized spacial score (nSPS) is 22.2. The molecule has 0 radical (unpaired) electrons. The number of aromatic nitrogens is 1. The maximum atomic E-state index is 5.63. The number of thiazole rings is 1. The second-order valence-corrected chi connectivity index (χ2v) is 4.60. The molecule has 1 fully saturated rings. The first-order chi connectivity index (χ1) is 6.84. The van der Waals surface area contributed by atoms with Gasteiger partial charge in [-0.3, -0.25) is 0 Å². The van der Waals surface area contributed by atoms with Crippen molar-refractivity contribution in [2.24, 2.45) is 5.92 Å². The first kappa shape index (κ1) is 9.93. The van der Waals surface area contributed by atoms with Crippen molar-refractivity contribution in [2.45, 2.75) is 19.8 Å². The highest BCUT2D eigenvalue weighted by Gasteiger charge is 2.13. The van der Waals surface area contributed by atoms with Crippen molar-refractivity contribution < 1.29 is 4.74 Å². The van der Waals surface area contributed by atoms with Crippen LogP contribution in [0.2, 0.25) is 0 Å². The summed E-state index contributed by atoms with van der Waals surface area (Å²) in [4.78, 5) is 4.27. The smallest absolute Gasteiger partial charge is 0.273 e. The van der Waals surface area contributed by atoms with E-state index in [4.69, 9.17) is 4.74 Å². The fourth-order valence-electron chi connectivity index (χ4n) is 1.65. The minimum atomic E-state index is 0.660. The Kier molecular flexibility index (Phi) is 3.37. The highest BCUT2D eigenvalue weighted by molar-refractivity contribution is 7.11. The van der Waals surface area contributed by atoms with E-state index in [0.29, 0.717) is 5.92 Å². The number of hydrogen-bond donors (Lipinski definition) is 1. The zero-order valence-electron chi connectivity index (χ0n) is 8.45. The van der Waals surface area contributed by atoms with E-state index in [9.17, 15) is 0 Å². The van der Waals surface area contributed by atoms with Crippen LogP contribution in [0.5, 0.6) is 5.19 Å². The fourth-order valence-corrected chi connectivity index (χ4v) is 2.31. The van der Waals surface area contributed by atoms with Gasteiger partial charge in [-0.05, 0) is 26.3 Å². The van der Waals surface area contributed by atoms with Gasteiger partial charge in [0.1, 0.15) is 0 Å². The van der Waals surface area contributed by atoms with E-state index in [1.54, 1.807) is 11.3 Å². The average molecular weight is 212 g/mol. The van der Waals surface area contributed by atoms with Gasteiger partial charge < -0.3 is 10.1 Å². The summed E-state index contributed by atoms with van der Waals surface area (Å²) in [5.41, 5.74) is 1.05. The predicted molar refractivity (Wildman–Crippen MR) is 57.9 cm³/mol. The molecule has 0 aliphatic carbocycles. The van der Waals surface area contributed by atoms with Crippen LogP contribution in [0.3, 0.4) is 0 Å². The maximum Gasteiger partial charge on any atom is 0.273 e. The Balaban J connectivity index is 1.76. The topological polar surface area (TPSA) is 34.1 Å². The van der Waals surface area contributed by atoms with Gasteiger partial charge in [-0.25, -0.2) is 4.98 Å². The predicted octanol–water partition coefficient (Wildman–Crippen LogP) is 1.83. The van der Waals surface area contributed by atoms with Crippen molar-refractivity contribution >= 4 is 11.3 Å². The van der Waals surface area contributed by atoms with E-state index in [1.165, 1.54) is 12.8 Å². The van der Waals surface area contributed by atoms with E-state index in [2.05, 4.69) is 10.3 Å². The number of nitrogens with one attached hydrogen (secondary N) is 1. The van der Waals surface area contributed by atoms with E-state index in [-0.39, 0.29) is 0 Å². The molecule has 1 aliphatic rings. The summed E-state index contributed by atoms with van der Waals surface area (Å²) in [5, 5.41) is 6.21. The summed E-state index contributed by atoms with van der Waals surface area (Å²) in [6.07, 6.45) is 2.54. The Morgan fingerprint density at radius 3 is 3.29 bits per heavy atom. The lowest BCUT2D eigenvalue weighted by molar-refractivity contribution is 0.217. The van der Waals surface area contributed by atoms with Crippen molar-refractivity contribution in [3.8, 4) is 5.19 Å². The second kappa shape index (κ2) is 4.75. The van der Waals surface area contributed by atoms with Crippen molar-refractivity contribution in [3.05, 3.63) is 11.1 Å². The number of aryl methyl sites for hydroxylation is 1. The lowest BCUT2D eigenvalue weighted by Gasteiger charge is -2.21. The zero-order chi connectivity index (χ0) is 9.80. The monoisotopic (exact) mass is 212 g/mol.